The third kappa shape index (κ3) is 4.32. The van der Waals surface area contributed by atoms with E-state index in [1.54, 1.807) is 31.4 Å². The van der Waals surface area contributed by atoms with Crippen LogP contribution in [0.2, 0.25) is 0 Å². The average Bonchev–Trinajstić information content (AvgIpc) is 3.12. The van der Waals surface area contributed by atoms with Crippen molar-refractivity contribution in [1.29, 1.82) is 0 Å². The number of likely N-dealkylation sites (N-methyl/N-ethyl adjacent to an activating group) is 1. The molecule has 1 aromatic heterocycles. The van der Waals surface area contributed by atoms with Gasteiger partial charge >= 0.3 is 0 Å². The third-order valence-electron chi connectivity index (χ3n) is 4.08. The first kappa shape index (κ1) is 19.8. The van der Waals surface area contributed by atoms with Gasteiger partial charge in [0.25, 0.3) is 5.91 Å². The van der Waals surface area contributed by atoms with Crippen LogP contribution in [-0.2, 0) is 0 Å². The fourth-order valence-electron chi connectivity index (χ4n) is 2.58. The predicted molar refractivity (Wildman–Crippen MR) is 107 cm³/mol. The van der Waals surface area contributed by atoms with Gasteiger partial charge in [0.1, 0.15) is 16.3 Å². The zero-order valence-corrected chi connectivity index (χ0v) is 16.6. The number of methoxy groups -OCH3 is 1. The Morgan fingerprint density at radius 2 is 2.00 bits per heavy atom. The van der Waals surface area contributed by atoms with Crippen molar-refractivity contribution in [3.8, 4) is 5.75 Å². The lowest BCUT2D eigenvalue weighted by atomic mass is 9.98. The second kappa shape index (κ2) is 8.41. The topological polar surface area (TPSA) is 101 Å². The van der Waals surface area contributed by atoms with Crippen molar-refractivity contribution in [3.05, 3.63) is 39.8 Å². The molecule has 146 valence electrons. The molecular formula is C19H20N4O4S. The fraction of sp³-hybridized carbons (Fsp3) is 0.316. The molecule has 0 aliphatic heterocycles. The summed E-state index contributed by atoms with van der Waals surface area (Å²) in [5.74, 6) is -0.427. The quantitative estimate of drug-likeness (QED) is 0.798. The van der Waals surface area contributed by atoms with Gasteiger partial charge in [-0.2, -0.15) is 0 Å². The summed E-state index contributed by atoms with van der Waals surface area (Å²) in [6.45, 7) is 1.09. The van der Waals surface area contributed by atoms with E-state index >= 15 is 0 Å². The number of ketones is 2. The molecule has 0 fully saturated rings. The van der Waals surface area contributed by atoms with Crippen molar-refractivity contribution in [3.63, 3.8) is 0 Å². The maximum Gasteiger partial charge on any atom is 0.284 e. The Bertz CT molecular complexity index is 947. The number of aromatic nitrogens is 1. The van der Waals surface area contributed by atoms with Gasteiger partial charge in [0.2, 0.25) is 5.78 Å². The minimum Gasteiger partial charge on any atom is -0.497 e. The summed E-state index contributed by atoms with van der Waals surface area (Å²) in [5, 5.41) is 2.77. The Kier molecular flexibility index (Phi) is 5.96. The van der Waals surface area contributed by atoms with Crippen LogP contribution in [0.3, 0.4) is 0 Å². The number of hydrogen-bond acceptors (Lipinski definition) is 8. The number of anilines is 1. The maximum absolute atomic E-state index is 12.6. The molecule has 9 heteroatoms. The SMILES string of the molecule is COc1ccc(NC(=O)c2nc3c(s2)C(=O)CC(=NCCN(C)C)C3=O)cc1. The molecule has 0 unspecified atom stereocenters. The third-order valence-corrected chi connectivity index (χ3v) is 5.17. The molecule has 3 rings (SSSR count). The standard InChI is InChI=1S/C19H20N4O4S/c1-23(2)9-8-20-13-10-14(24)17-15(16(13)25)22-19(28-17)18(26)21-11-4-6-12(27-3)7-5-11/h4-7H,8-10H2,1-3H3,(H,21,26). The smallest absolute Gasteiger partial charge is 0.284 e. The first-order valence-corrected chi connectivity index (χ1v) is 9.43. The second-order valence-electron chi connectivity index (χ2n) is 6.44. The van der Waals surface area contributed by atoms with Gasteiger partial charge in [-0.1, -0.05) is 0 Å². The largest absolute Gasteiger partial charge is 0.497 e. The number of carbonyl (C=O) groups is 3. The number of amides is 1. The molecule has 0 spiro atoms. The summed E-state index contributed by atoms with van der Waals surface area (Å²) >= 11 is 0.932. The monoisotopic (exact) mass is 400 g/mol. The van der Waals surface area contributed by atoms with E-state index in [1.807, 2.05) is 19.0 Å². The highest BCUT2D eigenvalue weighted by molar-refractivity contribution is 7.16. The fourth-order valence-corrected chi connectivity index (χ4v) is 3.48. The van der Waals surface area contributed by atoms with Crippen LogP contribution in [0.15, 0.2) is 29.3 Å². The van der Waals surface area contributed by atoms with Crippen LogP contribution in [-0.4, -0.2) is 67.4 Å². The van der Waals surface area contributed by atoms with E-state index in [2.05, 4.69) is 15.3 Å². The number of hydrogen-bond donors (Lipinski definition) is 1. The van der Waals surface area contributed by atoms with E-state index in [1.165, 1.54) is 0 Å². The molecule has 8 nitrogen and oxygen atoms in total. The Balaban J connectivity index is 1.78. The minimum absolute atomic E-state index is 0.0183. The zero-order chi connectivity index (χ0) is 20.3. The summed E-state index contributed by atoms with van der Waals surface area (Å²) in [7, 11) is 5.36. The molecule has 1 heterocycles. The average molecular weight is 400 g/mol. The maximum atomic E-state index is 12.6. The van der Waals surface area contributed by atoms with Crippen LogP contribution in [0, 0.1) is 0 Å². The van der Waals surface area contributed by atoms with Crippen molar-refractivity contribution in [2.45, 2.75) is 6.42 Å². The Morgan fingerprint density at radius 1 is 1.29 bits per heavy atom. The van der Waals surface area contributed by atoms with Crippen LogP contribution in [0.25, 0.3) is 0 Å². The van der Waals surface area contributed by atoms with Gasteiger partial charge in [-0.05, 0) is 38.4 Å². The molecule has 1 aromatic carbocycles. The van der Waals surface area contributed by atoms with Crippen molar-refractivity contribution >= 4 is 40.2 Å². The molecule has 2 aromatic rings. The van der Waals surface area contributed by atoms with E-state index in [9.17, 15) is 14.4 Å². The summed E-state index contributed by atoms with van der Waals surface area (Å²) in [6.07, 6.45) is -0.0546. The molecule has 0 radical (unpaired) electrons. The molecule has 0 bridgehead atoms. The Morgan fingerprint density at radius 3 is 2.64 bits per heavy atom. The molecule has 1 amide bonds. The lowest BCUT2D eigenvalue weighted by Crippen LogP contribution is -2.27. The lowest BCUT2D eigenvalue weighted by molar-refractivity contribution is 0.0965. The number of aliphatic imine (C=N–C) groups is 1. The molecule has 1 aliphatic carbocycles. The van der Waals surface area contributed by atoms with Crippen LogP contribution in [0.4, 0.5) is 5.69 Å². The van der Waals surface area contributed by atoms with Gasteiger partial charge in [0, 0.05) is 12.2 Å². The molecule has 0 saturated carbocycles. The van der Waals surface area contributed by atoms with E-state index < -0.39 is 5.91 Å². The molecule has 1 aliphatic rings. The lowest BCUT2D eigenvalue weighted by Gasteiger charge is -2.11. The molecule has 28 heavy (non-hydrogen) atoms. The van der Waals surface area contributed by atoms with Gasteiger partial charge in [-0.25, -0.2) is 4.98 Å². The normalized spacial score (nSPS) is 15.1. The second-order valence-corrected chi connectivity index (χ2v) is 7.44. The van der Waals surface area contributed by atoms with Crippen molar-refractivity contribution < 1.29 is 19.1 Å². The molecular weight excluding hydrogens is 380 g/mol. The van der Waals surface area contributed by atoms with Gasteiger partial charge in [0.15, 0.2) is 10.8 Å². The van der Waals surface area contributed by atoms with Crippen molar-refractivity contribution in [1.82, 2.24) is 9.88 Å². The summed E-state index contributed by atoms with van der Waals surface area (Å²) in [4.78, 5) is 48.0. The molecule has 0 saturated heterocycles. The summed E-state index contributed by atoms with van der Waals surface area (Å²) in [6, 6.07) is 6.81. The van der Waals surface area contributed by atoms with Crippen LogP contribution >= 0.6 is 11.3 Å². The number of thiazole rings is 1. The van der Waals surface area contributed by atoms with Gasteiger partial charge < -0.3 is 15.0 Å². The summed E-state index contributed by atoms with van der Waals surface area (Å²) in [5.41, 5.74) is 0.777. The Hall–Kier alpha value is -2.91. The number of Topliss-reactive ketones (excluding diaryl/α,β-unsaturated/α-hetero) is 2. The number of rotatable bonds is 6. The number of ether oxygens (including phenoxy) is 1. The number of benzene rings is 1. The number of nitrogens with one attached hydrogen (secondary N) is 1. The van der Waals surface area contributed by atoms with E-state index in [4.69, 9.17) is 4.74 Å². The zero-order valence-electron chi connectivity index (χ0n) is 15.8. The van der Waals surface area contributed by atoms with Crippen molar-refractivity contribution in [2.24, 2.45) is 4.99 Å². The highest BCUT2D eigenvalue weighted by Crippen LogP contribution is 2.27. The minimum atomic E-state index is -0.476. The van der Waals surface area contributed by atoms with E-state index in [0.717, 1.165) is 11.3 Å². The number of nitrogens with zero attached hydrogens (tertiary/aromatic N) is 3. The first-order chi connectivity index (χ1) is 13.4. The molecule has 0 atom stereocenters. The summed E-state index contributed by atoms with van der Waals surface area (Å²) < 4.78 is 5.08. The Labute approximate surface area is 166 Å². The van der Waals surface area contributed by atoms with E-state index in [0.29, 0.717) is 24.5 Å². The number of carbonyl (C=O) groups excluding carboxylic acids is 3. The highest BCUT2D eigenvalue weighted by atomic mass is 32.1. The van der Waals surface area contributed by atoms with Crippen LogP contribution in [0.1, 0.15) is 36.4 Å². The first-order valence-electron chi connectivity index (χ1n) is 8.61. The van der Waals surface area contributed by atoms with Gasteiger partial charge in [0.05, 0.1) is 25.8 Å². The van der Waals surface area contributed by atoms with E-state index in [-0.39, 0.29) is 39.3 Å². The predicted octanol–water partition coefficient (Wildman–Crippen LogP) is 2.18. The highest BCUT2D eigenvalue weighted by Gasteiger charge is 2.34. The van der Waals surface area contributed by atoms with Crippen LogP contribution < -0.4 is 10.1 Å². The van der Waals surface area contributed by atoms with Crippen LogP contribution in [0.5, 0.6) is 5.75 Å². The molecule has 1 N–H and O–H groups in total. The van der Waals surface area contributed by atoms with Gasteiger partial charge in [-0.3, -0.25) is 19.4 Å². The van der Waals surface area contributed by atoms with Gasteiger partial charge in [-0.15, -0.1) is 11.3 Å². The number of fused-ring (bicyclic) bond motifs is 1. The van der Waals surface area contributed by atoms with Crippen molar-refractivity contribution in [2.75, 3.05) is 39.6 Å².